The summed E-state index contributed by atoms with van der Waals surface area (Å²) in [4.78, 5) is 19.8. The van der Waals surface area contributed by atoms with Crippen LogP contribution in [0.2, 0.25) is 5.02 Å². The van der Waals surface area contributed by atoms with Gasteiger partial charge in [0.15, 0.2) is 0 Å². The van der Waals surface area contributed by atoms with Gasteiger partial charge in [-0.3, -0.25) is 4.79 Å². The average molecular weight is 490 g/mol. The Hall–Kier alpha value is -3.51. The molecule has 1 atom stereocenters. The van der Waals surface area contributed by atoms with E-state index in [1.807, 2.05) is 71.6 Å². The number of aromatic nitrogens is 2. The van der Waals surface area contributed by atoms with Crippen LogP contribution >= 0.6 is 11.6 Å². The van der Waals surface area contributed by atoms with Crippen LogP contribution in [0.4, 0.5) is 0 Å². The van der Waals surface area contributed by atoms with Gasteiger partial charge in [-0.05, 0) is 48.4 Å². The standard InChI is InChI=1S/C28H28ClN3O3/c1-34-22-13-11-20(12-14-22)18-31-19-21(17-27(31)33)28-30-24-8-3-4-9-25(24)32(28)15-6-16-35-26-10-5-2-7-23(26)29/h2-5,7-14,21H,6,15-19H2,1H3. The molecule has 3 aromatic carbocycles. The molecule has 1 unspecified atom stereocenters. The molecule has 1 aliphatic rings. The quantitative estimate of drug-likeness (QED) is 0.284. The molecule has 2 heterocycles. The molecule has 0 bridgehead atoms. The number of carbonyl (C=O) groups is 1. The van der Waals surface area contributed by atoms with E-state index in [1.165, 1.54) is 0 Å². The molecule has 6 nitrogen and oxygen atoms in total. The van der Waals surface area contributed by atoms with Crippen LogP contribution in [0.3, 0.4) is 0 Å². The number of methoxy groups -OCH3 is 1. The predicted octanol–water partition coefficient (Wildman–Crippen LogP) is 5.68. The molecule has 0 N–H and O–H groups in total. The largest absolute Gasteiger partial charge is 0.497 e. The van der Waals surface area contributed by atoms with Crippen molar-refractivity contribution in [3.8, 4) is 11.5 Å². The van der Waals surface area contributed by atoms with Gasteiger partial charge in [-0.1, -0.05) is 48.0 Å². The molecule has 0 spiro atoms. The minimum Gasteiger partial charge on any atom is -0.497 e. The zero-order valence-corrected chi connectivity index (χ0v) is 20.4. The number of fused-ring (bicyclic) bond motifs is 1. The highest BCUT2D eigenvalue weighted by Gasteiger charge is 2.34. The van der Waals surface area contributed by atoms with Crippen molar-refractivity contribution in [1.29, 1.82) is 0 Å². The van der Waals surface area contributed by atoms with E-state index in [9.17, 15) is 4.79 Å². The number of nitrogens with zero attached hydrogens (tertiary/aromatic N) is 3. The van der Waals surface area contributed by atoms with E-state index in [1.54, 1.807) is 7.11 Å². The molecule has 1 aromatic heterocycles. The minimum atomic E-state index is 0.0534. The number of likely N-dealkylation sites (tertiary alicyclic amines) is 1. The van der Waals surface area contributed by atoms with Crippen LogP contribution in [0.15, 0.2) is 72.8 Å². The minimum absolute atomic E-state index is 0.0534. The Balaban J connectivity index is 1.30. The van der Waals surface area contributed by atoms with Gasteiger partial charge in [-0.15, -0.1) is 0 Å². The summed E-state index contributed by atoms with van der Waals surface area (Å²) in [5, 5.41) is 0.614. The summed E-state index contributed by atoms with van der Waals surface area (Å²) < 4.78 is 13.4. The second-order valence-electron chi connectivity index (χ2n) is 8.77. The Labute approximate surface area is 210 Å². The number of rotatable bonds is 9. The fourth-order valence-corrected chi connectivity index (χ4v) is 4.85. The number of ether oxygens (including phenoxy) is 2. The molecule has 1 fully saturated rings. The molecule has 7 heteroatoms. The van der Waals surface area contributed by atoms with E-state index >= 15 is 0 Å². The van der Waals surface area contributed by atoms with Crippen LogP contribution < -0.4 is 9.47 Å². The highest BCUT2D eigenvalue weighted by molar-refractivity contribution is 6.32. The zero-order valence-electron chi connectivity index (χ0n) is 19.7. The molecule has 180 valence electrons. The van der Waals surface area contributed by atoms with E-state index < -0.39 is 0 Å². The van der Waals surface area contributed by atoms with Gasteiger partial charge < -0.3 is 18.9 Å². The first-order valence-corrected chi connectivity index (χ1v) is 12.2. The highest BCUT2D eigenvalue weighted by atomic mass is 35.5. The van der Waals surface area contributed by atoms with Gasteiger partial charge in [0.05, 0.1) is 29.8 Å². The van der Waals surface area contributed by atoms with Crippen LogP contribution in [0.25, 0.3) is 11.0 Å². The molecule has 1 saturated heterocycles. The fourth-order valence-electron chi connectivity index (χ4n) is 4.66. The molecule has 4 aromatic rings. The predicted molar refractivity (Wildman–Crippen MR) is 137 cm³/mol. The second-order valence-corrected chi connectivity index (χ2v) is 9.17. The number of hydrogen-bond donors (Lipinski definition) is 0. The van der Waals surface area contributed by atoms with E-state index in [0.717, 1.165) is 41.1 Å². The van der Waals surface area contributed by atoms with E-state index in [2.05, 4.69) is 10.6 Å². The van der Waals surface area contributed by atoms with Crippen molar-refractivity contribution in [2.24, 2.45) is 0 Å². The van der Waals surface area contributed by atoms with Crippen molar-refractivity contribution in [3.63, 3.8) is 0 Å². The number of para-hydroxylation sites is 3. The van der Waals surface area contributed by atoms with Gasteiger partial charge in [0.2, 0.25) is 5.91 Å². The Kier molecular flexibility index (Phi) is 6.91. The van der Waals surface area contributed by atoms with Gasteiger partial charge in [-0.25, -0.2) is 4.98 Å². The lowest BCUT2D eigenvalue weighted by molar-refractivity contribution is -0.128. The lowest BCUT2D eigenvalue weighted by Crippen LogP contribution is -2.24. The third-order valence-corrected chi connectivity index (χ3v) is 6.73. The van der Waals surface area contributed by atoms with Crippen LogP contribution in [0, 0.1) is 0 Å². The zero-order chi connectivity index (χ0) is 24.2. The third-order valence-electron chi connectivity index (χ3n) is 6.42. The van der Waals surface area contributed by atoms with E-state index in [0.29, 0.717) is 36.9 Å². The van der Waals surface area contributed by atoms with Crippen molar-refractivity contribution in [3.05, 3.63) is 89.2 Å². The first-order chi connectivity index (χ1) is 17.1. The molecular formula is C28H28ClN3O3. The molecule has 0 saturated carbocycles. The summed E-state index contributed by atoms with van der Waals surface area (Å²) in [6.07, 6.45) is 1.27. The Morgan fingerprint density at radius 1 is 1.03 bits per heavy atom. The van der Waals surface area contributed by atoms with Crippen molar-refractivity contribution in [2.75, 3.05) is 20.3 Å². The van der Waals surface area contributed by atoms with E-state index in [4.69, 9.17) is 26.1 Å². The van der Waals surface area contributed by atoms with Gasteiger partial charge in [0.25, 0.3) is 0 Å². The van der Waals surface area contributed by atoms with Crippen LogP contribution in [-0.2, 0) is 17.9 Å². The van der Waals surface area contributed by atoms with Crippen molar-refractivity contribution in [2.45, 2.75) is 31.8 Å². The summed E-state index contributed by atoms with van der Waals surface area (Å²) in [6.45, 7) is 2.54. The molecule has 1 aliphatic heterocycles. The van der Waals surface area contributed by atoms with Crippen molar-refractivity contribution in [1.82, 2.24) is 14.5 Å². The van der Waals surface area contributed by atoms with Crippen LogP contribution in [-0.4, -0.2) is 40.6 Å². The summed E-state index contributed by atoms with van der Waals surface area (Å²) in [7, 11) is 1.65. The average Bonchev–Trinajstić information content (AvgIpc) is 3.43. The summed E-state index contributed by atoms with van der Waals surface area (Å²) in [5.74, 6) is 2.69. The monoisotopic (exact) mass is 489 g/mol. The molecule has 0 aliphatic carbocycles. The number of hydrogen-bond acceptors (Lipinski definition) is 4. The Bertz CT molecular complexity index is 1320. The maximum atomic E-state index is 12.9. The third kappa shape index (κ3) is 5.13. The summed E-state index contributed by atoms with van der Waals surface area (Å²) >= 11 is 6.21. The second kappa shape index (κ2) is 10.4. The number of carbonyl (C=O) groups excluding carboxylic acids is 1. The molecular weight excluding hydrogens is 462 g/mol. The highest BCUT2D eigenvalue weighted by Crippen LogP contribution is 2.32. The van der Waals surface area contributed by atoms with Crippen molar-refractivity contribution < 1.29 is 14.3 Å². The topological polar surface area (TPSA) is 56.6 Å². The number of aryl methyl sites for hydroxylation is 1. The number of benzene rings is 3. The van der Waals surface area contributed by atoms with Crippen LogP contribution in [0.1, 0.15) is 30.1 Å². The lowest BCUT2D eigenvalue weighted by Gasteiger charge is -2.18. The normalized spacial score (nSPS) is 15.7. The molecule has 35 heavy (non-hydrogen) atoms. The fraction of sp³-hybridized carbons (Fsp3) is 0.286. The maximum absolute atomic E-state index is 12.9. The number of amides is 1. The first-order valence-electron chi connectivity index (χ1n) is 11.9. The Morgan fingerprint density at radius 3 is 2.60 bits per heavy atom. The summed E-state index contributed by atoms with van der Waals surface area (Å²) in [5.41, 5.74) is 3.13. The molecule has 0 radical (unpaired) electrons. The van der Waals surface area contributed by atoms with Gasteiger partial charge in [0.1, 0.15) is 17.3 Å². The molecule has 1 amide bonds. The van der Waals surface area contributed by atoms with Gasteiger partial charge in [-0.2, -0.15) is 0 Å². The first kappa shape index (κ1) is 23.2. The number of imidazole rings is 1. The SMILES string of the molecule is COc1ccc(CN2CC(c3nc4ccccc4n3CCCOc3ccccc3Cl)CC2=O)cc1. The smallest absolute Gasteiger partial charge is 0.223 e. The van der Waals surface area contributed by atoms with Crippen molar-refractivity contribution >= 4 is 28.5 Å². The summed E-state index contributed by atoms with van der Waals surface area (Å²) in [6, 6.07) is 23.5. The van der Waals surface area contributed by atoms with Gasteiger partial charge in [0, 0.05) is 32.0 Å². The van der Waals surface area contributed by atoms with Crippen LogP contribution in [0.5, 0.6) is 11.5 Å². The number of halogens is 1. The molecule has 5 rings (SSSR count). The lowest BCUT2D eigenvalue weighted by atomic mass is 10.1. The Morgan fingerprint density at radius 2 is 1.80 bits per heavy atom. The van der Waals surface area contributed by atoms with Gasteiger partial charge >= 0.3 is 0 Å². The maximum Gasteiger partial charge on any atom is 0.223 e. The van der Waals surface area contributed by atoms with E-state index in [-0.39, 0.29) is 11.8 Å².